The Hall–Kier alpha value is -1.42. The Kier molecular flexibility index (Phi) is 3.88. The lowest BCUT2D eigenvalue weighted by atomic mass is 9.61. The predicted octanol–water partition coefficient (Wildman–Crippen LogP) is 4.11. The number of carbonyl (C=O) groups is 1. The van der Waals surface area contributed by atoms with Gasteiger partial charge in [0, 0.05) is 5.69 Å². The average Bonchev–Trinajstić information content (AvgIpc) is 2.73. The van der Waals surface area contributed by atoms with Crippen molar-refractivity contribution in [3.8, 4) is 0 Å². The zero-order valence-electron chi connectivity index (χ0n) is 13.4. The molecule has 4 heteroatoms. The molecule has 1 amide bonds. The Bertz CT molecular complexity index is 601. The summed E-state index contributed by atoms with van der Waals surface area (Å²) in [7, 11) is 0. The molecule has 0 unspecified atom stereocenters. The van der Waals surface area contributed by atoms with Gasteiger partial charge in [0.05, 0.1) is 5.41 Å². The fourth-order valence-electron chi connectivity index (χ4n) is 5.36. The van der Waals surface area contributed by atoms with E-state index in [0.29, 0.717) is 5.11 Å². The van der Waals surface area contributed by atoms with Gasteiger partial charge in [0.1, 0.15) is 0 Å². The Morgan fingerprint density at radius 3 is 2.39 bits per heavy atom. The second-order valence-corrected chi connectivity index (χ2v) is 8.21. The molecule has 4 aliphatic carbocycles. The minimum absolute atomic E-state index is 0.156. The van der Waals surface area contributed by atoms with Crippen LogP contribution in [0.25, 0.3) is 0 Å². The first-order valence-corrected chi connectivity index (χ1v) is 9.21. The van der Waals surface area contributed by atoms with Gasteiger partial charge in [-0.2, -0.15) is 0 Å². The summed E-state index contributed by atoms with van der Waals surface area (Å²) in [6, 6.07) is 9.78. The van der Waals surface area contributed by atoms with Crippen LogP contribution in [-0.2, 0) is 4.79 Å². The summed E-state index contributed by atoms with van der Waals surface area (Å²) < 4.78 is 0. The van der Waals surface area contributed by atoms with E-state index in [1.165, 1.54) is 25.7 Å². The summed E-state index contributed by atoms with van der Waals surface area (Å²) in [5.74, 6) is 2.54. The number of nitrogens with one attached hydrogen (secondary N) is 2. The largest absolute Gasteiger partial charge is 0.332 e. The molecule has 4 aliphatic rings. The minimum Gasteiger partial charge on any atom is -0.332 e. The van der Waals surface area contributed by atoms with E-state index in [4.69, 9.17) is 12.2 Å². The minimum atomic E-state index is -0.165. The highest BCUT2D eigenvalue weighted by molar-refractivity contribution is 7.80. The van der Waals surface area contributed by atoms with E-state index in [0.717, 1.165) is 42.7 Å². The molecule has 4 fully saturated rings. The molecule has 0 spiro atoms. The number of benzene rings is 1. The van der Waals surface area contributed by atoms with Crippen LogP contribution in [0.5, 0.6) is 0 Å². The van der Waals surface area contributed by atoms with Crippen molar-refractivity contribution in [1.82, 2.24) is 5.32 Å². The van der Waals surface area contributed by atoms with Crippen molar-refractivity contribution in [2.75, 3.05) is 5.32 Å². The van der Waals surface area contributed by atoms with Crippen LogP contribution in [0.15, 0.2) is 30.3 Å². The van der Waals surface area contributed by atoms with E-state index in [2.05, 4.69) is 10.6 Å². The van der Waals surface area contributed by atoms with E-state index in [1.54, 1.807) is 0 Å². The summed E-state index contributed by atoms with van der Waals surface area (Å²) in [5.41, 5.74) is 0.751. The Balaban J connectivity index is 1.45. The lowest BCUT2D eigenvalue weighted by Crippen LogP contribution is -2.48. The van der Waals surface area contributed by atoms with Gasteiger partial charge in [-0.15, -0.1) is 0 Å². The maximum atomic E-state index is 13.0. The van der Waals surface area contributed by atoms with Crippen molar-refractivity contribution in [3.05, 3.63) is 30.3 Å². The highest BCUT2D eigenvalue weighted by atomic mass is 32.1. The maximum Gasteiger partial charge on any atom is 0.232 e. The molecule has 0 aliphatic heterocycles. The zero-order valence-corrected chi connectivity index (χ0v) is 14.2. The van der Waals surface area contributed by atoms with Gasteiger partial charge in [0.15, 0.2) is 5.11 Å². The monoisotopic (exact) mass is 328 g/mol. The molecule has 1 aromatic rings. The van der Waals surface area contributed by atoms with Gasteiger partial charge < -0.3 is 10.6 Å². The molecule has 122 valence electrons. The highest BCUT2D eigenvalue weighted by Crippen LogP contribution is 2.57. The molecule has 1 aromatic carbocycles. The first-order chi connectivity index (χ1) is 11.1. The number of thiocarbonyl (C=S) groups is 1. The van der Waals surface area contributed by atoms with Crippen LogP contribution < -0.4 is 10.6 Å². The van der Waals surface area contributed by atoms with Crippen molar-refractivity contribution in [1.29, 1.82) is 0 Å². The van der Waals surface area contributed by atoms with E-state index < -0.39 is 0 Å². The molecule has 0 radical (unpaired) electrons. The molecule has 0 aromatic heterocycles. The third-order valence-electron chi connectivity index (χ3n) is 6.13. The van der Waals surface area contributed by atoms with Crippen LogP contribution in [0, 0.1) is 23.2 Å². The summed E-state index contributed by atoms with van der Waals surface area (Å²) in [4.78, 5) is 13.0. The van der Waals surface area contributed by atoms with Gasteiger partial charge >= 0.3 is 0 Å². The fourth-order valence-corrected chi connectivity index (χ4v) is 5.57. The first-order valence-electron chi connectivity index (χ1n) is 8.80. The van der Waals surface area contributed by atoms with Crippen LogP contribution in [0.1, 0.15) is 44.9 Å². The highest BCUT2D eigenvalue weighted by Gasteiger charge is 2.51. The van der Waals surface area contributed by atoms with Crippen molar-refractivity contribution in [2.24, 2.45) is 23.2 Å². The molecule has 2 N–H and O–H groups in total. The molecule has 0 saturated heterocycles. The summed E-state index contributed by atoms with van der Waals surface area (Å²) in [6.45, 7) is 0. The lowest BCUT2D eigenvalue weighted by Gasteiger charge is -2.44. The molecule has 4 bridgehead atoms. The fraction of sp³-hybridized carbons (Fsp3) is 0.579. The number of fused-ring (bicyclic) bond motifs is 1. The molecule has 5 rings (SSSR count). The van der Waals surface area contributed by atoms with Gasteiger partial charge in [0.2, 0.25) is 5.91 Å². The number of hydrogen-bond donors (Lipinski definition) is 2. The number of anilines is 1. The van der Waals surface area contributed by atoms with Gasteiger partial charge in [-0.1, -0.05) is 18.2 Å². The van der Waals surface area contributed by atoms with Crippen molar-refractivity contribution in [3.63, 3.8) is 0 Å². The van der Waals surface area contributed by atoms with E-state index in [1.807, 2.05) is 30.3 Å². The number of rotatable bonds is 2. The van der Waals surface area contributed by atoms with Crippen LogP contribution in [0.2, 0.25) is 0 Å². The molecule has 4 saturated carbocycles. The van der Waals surface area contributed by atoms with Gasteiger partial charge in [-0.3, -0.25) is 4.79 Å². The molecule has 3 nitrogen and oxygen atoms in total. The predicted molar refractivity (Wildman–Crippen MR) is 96.0 cm³/mol. The Morgan fingerprint density at radius 1 is 1.04 bits per heavy atom. The smallest absolute Gasteiger partial charge is 0.232 e. The van der Waals surface area contributed by atoms with Crippen molar-refractivity contribution >= 4 is 28.9 Å². The quantitative estimate of drug-likeness (QED) is 0.803. The van der Waals surface area contributed by atoms with Crippen molar-refractivity contribution in [2.45, 2.75) is 44.9 Å². The number of para-hydroxylation sites is 1. The number of hydrogen-bond acceptors (Lipinski definition) is 2. The SMILES string of the molecule is O=C(NC(=S)Nc1ccccc1)C12CCC3C[C@H](C[C@@H](C3)C1)C2. The third-order valence-corrected chi connectivity index (χ3v) is 6.33. The first kappa shape index (κ1) is 15.1. The van der Waals surface area contributed by atoms with Crippen LogP contribution in [0.4, 0.5) is 5.69 Å². The van der Waals surface area contributed by atoms with E-state index >= 15 is 0 Å². The summed E-state index contributed by atoms with van der Waals surface area (Å²) in [5, 5.41) is 6.54. The summed E-state index contributed by atoms with van der Waals surface area (Å²) >= 11 is 5.36. The molecule has 2 atom stereocenters. The van der Waals surface area contributed by atoms with E-state index in [-0.39, 0.29) is 11.3 Å². The van der Waals surface area contributed by atoms with Crippen LogP contribution in [-0.4, -0.2) is 11.0 Å². The van der Waals surface area contributed by atoms with Crippen LogP contribution >= 0.6 is 12.2 Å². The number of amides is 1. The van der Waals surface area contributed by atoms with E-state index in [9.17, 15) is 4.79 Å². The molecular weight excluding hydrogens is 304 g/mol. The molecule has 23 heavy (non-hydrogen) atoms. The average molecular weight is 328 g/mol. The second-order valence-electron chi connectivity index (χ2n) is 7.81. The second kappa shape index (κ2) is 5.90. The number of carbonyl (C=O) groups excluding carboxylic acids is 1. The standard InChI is InChI=1S/C19H24N2OS/c22-17(21-18(23)20-16-4-2-1-3-5-16)19-7-6-13-8-14(11-19)10-15(9-13)12-19/h1-5,13-15H,6-12H2,(H2,20,21,22,23)/t13?,14-,15-,19?/m1/s1. The topological polar surface area (TPSA) is 41.1 Å². The lowest BCUT2D eigenvalue weighted by molar-refractivity contribution is -0.134. The van der Waals surface area contributed by atoms with Gasteiger partial charge in [-0.25, -0.2) is 0 Å². The zero-order chi connectivity index (χ0) is 15.9. The normalized spacial score (nSPS) is 34.7. The van der Waals surface area contributed by atoms with Gasteiger partial charge in [-0.05, 0) is 87.1 Å². The maximum absolute atomic E-state index is 13.0. The third kappa shape index (κ3) is 3.01. The van der Waals surface area contributed by atoms with Crippen molar-refractivity contribution < 1.29 is 4.79 Å². The van der Waals surface area contributed by atoms with Crippen LogP contribution in [0.3, 0.4) is 0 Å². The molecular formula is C19H24N2OS. The summed E-state index contributed by atoms with van der Waals surface area (Å²) in [6.07, 6.45) is 8.44. The molecule has 0 heterocycles. The van der Waals surface area contributed by atoms with Gasteiger partial charge in [0.25, 0.3) is 0 Å². The Labute approximate surface area is 143 Å². The Morgan fingerprint density at radius 2 is 1.70 bits per heavy atom.